The van der Waals surface area contributed by atoms with Crippen LogP contribution in [0.2, 0.25) is 0 Å². The van der Waals surface area contributed by atoms with Gasteiger partial charge >= 0.3 is 6.03 Å². The van der Waals surface area contributed by atoms with E-state index in [0.717, 1.165) is 38.9 Å². The monoisotopic (exact) mass is 305 g/mol. The number of fused-ring (bicyclic) bond motifs is 1. The number of imidazole rings is 1. The van der Waals surface area contributed by atoms with Crippen molar-refractivity contribution in [2.24, 2.45) is 5.92 Å². The van der Waals surface area contributed by atoms with Crippen LogP contribution in [-0.4, -0.2) is 52.1 Å². The van der Waals surface area contributed by atoms with E-state index in [2.05, 4.69) is 15.6 Å². The topological polar surface area (TPSA) is 79.3 Å². The van der Waals surface area contributed by atoms with Gasteiger partial charge in [0.05, 0.1) is 6.33 Å². The third-order valence-corrected chi connectivity index (χ3v) is 4.54. The van der Waals surface area contributed by atoms with Crippen molar-refractivity contribution in [2.75, 3.05) is 19.6 Å². The standard InChI is InChI=1S/C15H23N5O2/c21-14-3-2-12-10-20(8-4-13(12)18-14)15(22)17-5-1-7-19-9-6-16-11-19/h6,9,11-13H,1-5,7-8,10H2,(H,17,22)(H,18,21). The second-order valence-electron chi connectivity index (χ2n) is 6.09. The number of carbonyl (C=O) groups excluding carboxylic acids is 2. The number of hydrogen-bond acceptors (Lipinski definition) is 3. The van der Waals surface area contributed by atoms with Gasteiger partial charge in [0.25, 0.3) is 0 Å². The van der Waals surface area contributed by atoms with Crippen molar-refractivity contribution < 1.29 is 9.59 Å². The Kier molecular flexibility index (Phi) is 4.60. The molecule has 0 saturated carbocycles. The molecule has 2 aliphatic heterocycles. The lowest BCUT2D eigenvalue weighted by Crippen LogP contribution is -2.56. The third kappa shape index (κ3) is 3.58. The van der Waals surface area contributed by atoms with E-state index in [-0.39, 0.29) is 18.0 Å². The molecular formula is C15H23N5O2. The highest BCUT2D eigenvalue weighted by Gasteiger charge is 2.35. The van der Waals surface area contributed by atoms with Crippen molar-refractivity contribution in [1.29, 1.82) is 0 Å². The van der Waals surface area contributed by atoms with Crippen LogP contribution in [0.5, 0.6) is 0 Å². The van der Waals surface area contributed by atoms with Gasteiger partial charge in [0.1, 0.15) is 0 Å². The fraction of sp³-hybridized carbons (Fsp3) is 0.667. The summed E-state index contributed by atoms with van der Waals surface area (Å²) in [5, 5.41) is 6.02. The molecule has 3 amide bonds. The fourth-order valence-corrected chi connectivity index (χ4v) is 3.28. The molecular weight excluding hydrogens is 282 g/mol. The van der Waals surface area contributed by atoms with E-state index in [1.807, 2.05) is 15.7 Å². The number of aromatic nitrogens is 2. The van der Waals surface area contributed by atoms with Crippen molar-refractivity contribution in [3.63, 3.8) is 0 Å². The molecule has 0 aromatic carbocycles. The maximum absolute atomic E-state index is 12.2. The average Bonchev–Trinajstić information content (AvgIpc) is 3.04. The number of rotatable bonds is 4. The van der Waals surface area contributed by atoms with Gasteiger partial charge in [-0.05, 0) is 25.2 Å². The normalized spacial score (nSPS) is 24.5. The van der Waals surface area contributed by atoms with E-state index in [1.54, 1.807) is 12.5 Å². The summed E-state index contributed by atoms with van der Waals surface area (Å²) in [6.07, 6.45) is 8.68. The molecule has 2 fully saturated rings. The van der Waals surface area contributed by atoms with Crippen molar-refractivity contribution in [2.45, 2.75) is 38.3 Å². The van der Waals surface area contributed by atoms with Gasteiger partial charge in [0.2, 0.25) is 5.91 Å². The van der Waals surface area contributed by atoms with E-state index in [9.17, 15) is 9.59 Å². The maximum atomic E-state index is 12.2. The van der Waals surface area contributed by atoms with Crippen molar-refractivity contribution >= 4 is 11.9 Å². The molecule has 0 spiro atoms. The van der Waals surface area contributed by atoms with Crippen LogP contribution in [0.4, 0.5) is 4.79 Å². The predicted molar refractivity (Wildman–Crippen MR) is 81.1 cm³/mol. The fourth-order valence-electron chi connectivity index (χ4n) is 3.28. The van der Waals surface area contributed by atoms with Crippen LogP contribution in [0.25, 0.3) is 0 Å². The van der Waals surface area contributed by atoms with Crippen molar-refractivity contribution in [3.05, 3.63) is 18.7 Å². The molecule has 120 valence electrons. The predicted octanol–water partition coefficient (Wildman–Crippen LogP) is 0.583. The van der Waals surface area contributed by atoms with Gasteiger partial charge in [-0.3, -0.25) is 4.79 Å². The largest absolute Gasteiger partial charge is 0.353 e. The van der Waals surface area contributed by atoms with E-state index >= 15 is 0 Å². The van der Waals surface area contributed by atoms with Gasteiger partial charge < -0.3 is 20.1 Å². The van der Waals surface area contributed by atoms with Crippen LogP contribution < -0.4 is 10.6 Å². The molecule has 7 heteroatoms. The molecule has 2 atom stereocenters. The first-order chi connectivity index (χ1) is 10.7. The van der Waals surface area contributed by atoms with Crippen molar-refractivity contribution in [1.82, 2.24) is 25.1 Å². The number of nitrogens with zero attached hydrogens (tertiary/aromatic N) is 3. The van der Waals surface area contributed by atoms with Crippen LogP contribution in [0.1, 0.15) is 25.7 Å². The maximum Gasteiger partial charge on any atom is 0.317 e. The summed E-state index contributed by atoms with van der Waals surface area (Å²) >= 11 is 0. The highest BCUT2D eigenvalue weighted by molar-refractivity contribution is 5.77. The summed E-state index contributed by atoms with van der Waals surface area (Å²) in [6, 6.07) is 0.271. The average molecular weight is 305 g/mol. The van der Waals surface area contributed by atoms with Crippen LogP contribution in [0.3, 0.4) is 0 Å². The number of amides is 3. The van der Waals surface area contributed by atoms with E-state index in [4.69, 9.17) is 0 Å². The number of likely N-dealkylation sites (tertiary alicyclic amines) is 1. The van der Waals surface area contributed by atoms with E-state index in [0.29, 0.717) is 18.9 Å². The van der Waals surface area contributed by atoms with Crippen LogP contribution in [0, 0.1) is 5.92 Å². The minimum absolute atomic E-state index is 0.0148. The summed E-state index contributed by atoms with van der Waals surface area (Å²) in [5.41, 5.74) is 0. The first-order valence-corrected chi connectivity index (χ1v) is 8.00. The molecule has 0 aliphatic carbocycles. The lowest BCUT2D eigenvalue weighted by atomic mass is 9.85. The molecule has 2 saturated heterocycles. The number of aryl methyl sites for hydroxylation is 1. The van der Waals surface area contributed by atoms with E-state index < -0.39 is 0 Å². The summed E-state index contributed by atoms with van der Waals surface area (Å²) in [5.74, 6) is 0.557. The zero-order chi connectivity index (χ0) is 15.4. The molecule has 3 heterocycles. The zero-order valence-electron chi connectivity index (χ0n) is 12.7. The smallest absolute Gasteiger partial charge is 0.317 e. The van der Waals surface area contributed by atoms with Gasteiger partial charge in [0.15, 0.2) is 0 Å². The number of piperidine rings is 2. The second-order valence-corrected chi connectivity index (χ2v) is 6.09. The molecule has 22 heavy (non-hydrogen) atoms. The summed E-state index contributed by atoms with van der Waals surface area (Å²) in [6.45, 7) is 2.99. The molecule has 2 unspecified atom stereocenters. The Bertz CT molecular complexity index is 516. The number of carbonyl (C=O) groups is 2. The molecule has 0 radical (unpaired) electrons. The van der Waals surface area contributed by atoms with Gasteiger partial charge in [-0.2, -0.15) is 0 Å². The molecule has 7 nitrogen and oxygen atoms in total. The molecule has 2 N–H and O–H groups in total. The van der Waals surface area contributed by atoms with Crippen molar-refractivity contribution in [3.8, 4) is 0 Å². The highest BCUT2D eigenvalue weighted by Crippen LogP contribution is 2.25. The van der Waals surface area contributed by atoms with Gasteiger partial charge in [0, 0.05) is 51.0 Å². The Morgan fingerprint density at radius 3 is 3.18 bits per heavy atom. The minimum Gasteiger partial charge on any atom is -0.353 e. The minimum atomic E-state index is 0.0148. The van der Waals surface area contributed by atoms with Crippen LogP contribution in [-0.2, 0) is 11.3 Å². The van der Waals surface area contributed by atoms with Gasteiger partial charge in [-0.1, -0.05) is 0 Å². The Labute approximate surface area is 130 Å². The van der Waals surface area contributed by atoms with Crippen LogP contribution in [0.15, 0.2) is 18.7 Å². The first-order valence-electron chi connectivity index (χ1n) is 8.00. The zero-order valence-corrected chi connectivity index (χ0v) is 12.7. The molecule has 0 bridgehead atoms. The summed E-state index contributed by atoms with van der Waals surface area (Å²) in [7, 11) is 0. The van der Waals surface area contributed by atoms with Gasteiger partial charge in [-0.25, -0.2) is 9.78 Å². The lowest BCUT2D eigenvalue weighted by molar-refractivity contribution is -0.125. The number of hydrogen-bond donors (Lipinski definition) is 2. The molecule has 3 rings (SSSR count). The molecule has 1 aromatic heterocycles. The summed E-state index contributed by atoms with van der Waals surface area (Å²) in [4.78, 5) is 29.5. The number of nitrogens with one attached hydrogen (secondary N) is 2. The Hall–Kier alpha value is -2.05. The third-order valence-electron chi connectivity index (χ3n) is 4.54. The quantitative estimate of drug-likeness (QED) is 0.799. The Morgan fingerprint density at radius 2 is 2.36 bits per heavy atom. The lowest BCUT2D eigenvalue weighted by Gasteiger charge is -2.41. The molecule has 2 aliphatic rings. The Morgan fingerprint density at radius 1 is 1.45 bits per heavy atom. The summed E-state index contributed by atoms with van der Waals surface area (Å²) < 4.78 is 2.00. The second kappa shape index (κ2) is 6.81. The van der Waals surface area contributed by atoms with Gasteiger partial charge in [-0.15, -0.1) is 0 Å². The van der Waals surface area contributed by atoms with Crippen LogP contribution >= 0.6 is 0 Å². The Balaban J connectivity index is 1.38. The highest BCUT2D eigenvalue weighted by atomic mass is 16.2. The SMILES string of the molecule is O=C1CCC2CN(C(=O)NCCCn3ccnc3)CCC2N1. The molecule has 1 aromatic rings. The van der Waals surface area contributed by atoms with E-state index in [1.165, 1.54) is 0 Å². The first kappa shape index (κ1) is 14.9. The number of urea groups is 1.